The van der Waals surface area contributed by atoms with Crippen molar-refractivity contribution in [2.45, 2.75) is 46.1 Å². The Kier molecular flexibility index (Phi) is 5.60. The molecule has 0 radical (unpaired) electrons. The van der Waals surface area contributed by atoms with E-state index in [2.05, 4.69) is 10.7 Å². The first-order valence-electron chi connectivity index (χ1n) is 9.57. The molecule has 5 heteroatoms. The summed E-state index contributed by atoms with van der Waals surface area (Å²) in [5.41, 5.74) is 2.97. The zero-order valence-corrected chi connectivity index (χ0v) is 16.5. The van der Waals surface area contributed by atoms with Crippen LogP contribution in [0.25, 0.3) is 0 Å². The van der Waals surface area contributed by atoms with E-state index in [0.29, 0.717) is 19.3 Å². The van der Waals surface area contributed by atoms with E-state index in [0.717, 1.165) is 16.7 Å². The number of carbonyl (C=O) groups is 2. The molecule has 0 saturated heterocycles. The molecule has 1 fully saturated rings. The van der Waals surface area contributed by atoms with Crippen molar-refractivity contribution in [1.29, 1.82) is 0 Å². The highest BCUT2D eigenvalue weighted by Crippen LogP contribution is 2.60. The summed E-state index contributed by atoms with van der Waals surface area (Å²) in [6.07, 6.45) is 8.25. The average molecular weight is 384 g/mol. The molecule has 0 aromatic heterocycles. The zero-order valence-electron chi connectivity index (χ0n) is 16.5. The van der Waals surface area contributed by atoms with Gasteiger partial charge in [0.1, 0.15) is 6.10 Å². The Balaban J connectivity index is 1.64. The number of fused-ring (bicyclic) bond motifs is 1. The number of halogens is 1. The third kappa shape index (κ3) is 3.82. The van der Waals surface area contributed by atoms with Crippen molar-refractivity contribution >= 4 is 11.9 Å². The van der Waals surface area contributed by atoms with Crippen molar-refractivity contribution < 1.29 is 23.5 Å². The molecule has 3 rings (SSSR count). The first-order valence-corrected chi connectivity index (χ1v) is 9.57. The van der Waals surface area contributed by atoms with E-state index in [1.807, 2.05) is 32.0 Å². The second kappa shape index (κ2) is 7.79. The van der Waals surface area contributed by atoms with E-state index in [1.54, 1.807) is 6.92 Å². The summed E-state index contributed by atoms with van der Waals surface area (Å²) in [5.74, 6) is -0.492. The molecular formula is C23H25FO4. The molecule has 1 saturated carbocycles. The van der Waals surface area contributed by atoms with Crippen molar-refractivity contribution in [1.82, 2.24) is 0 Å². The summed E-state index contributed by atoms with van der Waals surface area (Å²) < 4.78 is 24.4. The number of esters is 2. The smallest absolute Gasteiger partial charge is 0.366 e. The maximum Gasteiger partial charge on any atom is 0.366 e. The van der Waals surface area contributed by atoms with Gasteiger partial charge in [-0.25, -0.2) is 4.79 Å². The molecule has 2 aliphatic carbocycles. The fourth-order valence-corrected chi connectivity index (χ4v) is 4.15. The van der Waals surface area contributed by atoms with Gasteiger partial charge in [-0.3, -0.25) is 4.79 Å². The van der Waals surface area contributed by atoms with Gasteiger partial charge in [0, 0.05) is 19.3 Å². The van der Waals surface area contributed by atoms with Gasteiger partial charge in [-0.05, 0) is 41.0 Å². The standard InChI is InChI=1S/C23H25FO4/c1-5-8-14-9-7-10-15-11-16(12-17(14)15)28-22(26)20-18(23(20,3)4)13-19(24)21(25)27-6-2/h1,7,9-10,13,16,18,20H,6,8,11-12H2,2-4H3/t16?,18-,20-/m1/s1. The molecule has 1 unspecified atom stereocenters. The van der Waals surface area contributed by atoms with E-state index in [4.69, 9.17) is 11.2 Å². The predicted octanol–water partition coefficient (Wildman–Crippen LogP) is 3.56. The first kappa shape index (κ1) is 20.1. The van der Waals surface area contributed by atoms with Gasteiger partial charge in [0.2, 0.25) is 5.83 Å². The minimum Gasteiger partial charge on any atom is -0.461 e. The normalized spacial score (nSPS) is 24.8. The van der Waals surface area contributed by atoms with E-state index < -0.39 is 23.1 Å². The maximum atomic E-state index is 14.0. The molecule has 1 aromatic carbocycles. The largest absolute Gasteiger partial charge is 0.461 e. The topological polar surface area (TPSA) is 52.6 Å². The van der Waals surface area contributed by atoms with Gasteiger partial charge in [0.25, 0.3) is 0 Å². The minimum absolute atomic E-state index is 0.101. The lowest BCUT2D eigenvalue weighted by molar-refractivity contribution is -0.151. The fraction of sp³-hybridized carbons (Fsp3) is 0.478. The predicted molar refractivity (Wildman–Crippen MR) is 103 cm³/mol. The van der Waals surface area contributed by atoms with Crippen LogP contribution in [0.5, 0.6) is 0 Å². The molecule has 0 heterocycles. The Morgan fingerprint density at radius 3 is 2.79 bits per heavy atom. The van der Waals surface area contributed by atoms with Crippen LogP contribution in [0.1, 0.15) is 37.5 Å². The molecule has 148 valence electrons. The lowest BCUT2D eigenvalue weighted by Gasteiger charge is -2.12. The Morgan fingerprint density at radius 1 is 1.36 bits per heavy atom. The average Bonchev–Trinajstić information content (AvgIpc) is 2.97. The van der Waals surface area contributed by atoms with Gasteiger partial charge in [0.05, 0.1) is 12.5 Å². The molecule has 0 aliphatic heterocycles. The lowest BCUT2D eigenvalue weighted by atomic mass is 10.0. The van der Waals surface area contributed by atoms with E-state index in [1.165, 1.54) is 6.08 Å². The molecule has 4 nitrogen and oxygen atoms in total. The van der Waals surface area contributed by atoms with Crippen LogP contribution >= 0.6 is 0 Å². The lowest BCUT2D eigenvalue weighted by Crippen LogP contribution is -2.21. The summed E-state index contributed by atoms with van der Waals surface area (Å²) >= 11 is 0. The van der Waals surface area contributed by atoms with Crippen molar-refractivity contribution in [3.05, 3.63) is 46.8 Å². The monoisotopic (exact) mass is 384 g/mol. The molecule has 0 bridgehead atoms. The number of rotatable bonds is 6. The summed E-state index contributed by atoms with van der Waals surface area (Å²) in [6.45, 7) is 5.45. The second-order valence-electron chi connectivity index (χ2n) is 7.96. The van der Waals surface area contributed by atoms with Crippen LogP contribution in [0, 0.1) is 29.6 Å². The van der Waals surface area contributed by atoms with Crippen LogP contribution in [0.4, 0.5) is 4.39 Å². The Morgan fingerprint density at radius 2 is 2.11 bits per heavy atom. The van der Waals surface area contributed by atoms with Crippen LogP contribution in [-0.4, -0.2) is 24.6 Å². The number of carbonyl (C=O) groups excluding carboxylic acids is 2. The number of hydrogen-bond acceptors (Lipinski definition) is 4. The SMILES string of the molecule is C#CCc1cccc2c1CC(OC(=O)[C@H]1[C@@H](C=C(F)C(=O)OCC)C1(C)C)C2. The summed E-state index contributed by atoms with van der Waals surface area (Å²) in [6, 6.07) is 6.01. The van der Waals surface area contributed by atoms with Crippen LogP contribution in [0.15, 0.2) is 30.1 Å². The number of ether oxygens (including phenoxy) is 2. The van der Waals surface area contributed by atoms with Gasteiger partial charge in [0.15, 0.2) is 0 Å². The van der Waals surface area contributed by atoms with Crippen molar-refractivity contribution in [2.75, 3.05) is 6.61 Å². The molecule has 2 aliphatic rings. The quantitative estimate of drug-likeness (QED) is 0.428. The molecular weight excluding hydrogens is 359 g/mol. The van der Waals surface area contributed by atoms with E-state index in [9.17, 15) is 14.0 Å². The van der Waals surface area contributed by atoms with Crippen molar-refractivity contribution in [3.63, 3.8) is 0 Å². The molecule has 3 atom stereocenters. The highest BCUT2D eigenvalue weighted by Gasteiger charge is 2.62. The first-order chi connectivity index (χ1) is 13.3. The van der Waals surface area contributed by atoms with Gasteiger partial charge < -0.3 is 9.47 Å². The van der Waals surface area contributed by atoms with Crippen LogP contribution in [0.2, 0.25) is 0 Å². The third-order valence-electron chi connectivity index (χ3n) is 5.79. The number of benzene rings is 1. The molecule has 0 N–H and O–H groups in total. The Labute approximate surface area is 165 Å². The van der Waals surface area contributed by atoms with Gasteiger partial charge in [-0.2, -0.15) is 4.39 Å². The maximum absolute atomic E-state index is 14.0. The van der Waals surface area contributed by atoms with E-state index >= 15 is 0 Å². The highest BCUT2D eigenvalue weighted by atomic mass is 19.1. The minimum atomic E-state index is -0.996. The van der Waals surface area contributed by atoms with Crippen molar-refractivity contribution in [2.24, 2.45) is 17.3 Å². The van der Waals surface area contributed by atoms with E-state index in [-0.39, 0.29) is 24.6 Å². The number of terminal acetylenes is 1. The third-order valence-corrected chi connectivity index (χ3v) is 5.79. The number of allylic oxidation sites excluding steroid dienone is 1. The van der Waals surface area contributed by atoms with Crippen LogP contribution in [0.3, 0.4) is 0 Å². The summed E-state index contributed by atoms with van der Waals surface area (Å²) in [7, 11) is 0. The van der Waals surface area contributed by atoms with Gasteiger partial charge in [-0.15, -0.1) is 12.3 Å². The summed E-state index contributed by atoms with van der Waals surface area (Å²) in [4.78, 5) is 24.2. The molecule has 0 spiro atoms. The van der Waals surface area contributed by atoms with Gasteiger partial charge >= 0.3 is 11.9 Å². The summed E-state index contributed by atoms with van der Waals surface area (Å²) in [5, 5.41) is 0. The van der Waals surface area contributed by atoms with Crippen LogP contribution in [-0.2, 0) is 38.3 Å². The van der Waals surface area contributed by atoms with Crippen molar-refractivity contribution in [3.8, 4) is 12.3 Å². The fourth-order valence-electron chi connectivity index (χ4n) is 4.15. The molecule has 0 amide bonds. The zero-order chi connectivity index (χ0) is 20.5. The highest BCUT2D eigenvalue weighted by molar-refractivity contribution is 5.87. The van der Waals surface area contributed by atoms with Gasteiger partial charge in [-0.1, -0.05) is 32.0 Å². The Hall–Kier alpha value is -2.61. The van der Waals surface area contributed by atoms with Crippen LogP contribution < -0.4 is 0 Å². The molecule has 28 heavy (non-hydrogen) atoms. The number of hydrogen-bond donors (Lipinski definition) is 0. The second-order valence-corrected chi connectivity index (χ2v) is 7.96. The molecule has 1 aromatic rings. The Bertz CT molecular complexity index is 862.